The molecule has 0 saturated heterocycles. The van der Waals surface area contributed by atoms with E-state index in [0.717, 1.165) is 0 Å². The molecule has 0 amide bonds. The molecular formula is C7H4N2O2S. The first-order valence-corrected chi connectivity index (χ1v) is 3.42. The number of carbonyl (C=O) groups is 1. The van der Waals surface area contributed by atoms with E-state index >= 15 is 0 Å². The number of carboxylic acid groups (broad SMARTS) is 1. The summed E-state index contributed by atoms with van der Waals surface area (Å²) in [5.74, 6) is -1.06. The van der Waals surface area contributed by atoms with E-state index in [-0.39, 0.29) is 5.69 Å². The predicted octanol–water partition coefficient (Wildman–Crippen LogP) is 1.51. The highest BCUT2D eigenvalue weighted by molar-refractivity contribution is 7.78. The van der Waals surface area contributed by atoms with Crippen LogP contribution in [0.15, 0.2) is 23.3 Å². The third-order valence-electron chi connectivity index (χ3n) is 1.14. The fourth-order valence-corrected chi connectivity index (χ4v) is 0.737. The first-order valence-electron chi connectivity index (χ1n) is 3.01. The minimum absolute atomic E-state index is 0.0154. The molecule has 0 atom stereocenters. The van der Waals surface area contributed by atoms with Crippen molar-refractivity contribution in [2.24, 2.45) is 4.99 Å². The van der Waals surface area contributed by atoms with E-state index in [1.165, 1.54) is 18.3 Å². The number of rotatable bonds is 2. The van der Waals surface area contributed by atoms with Gasteiger partial charge in [-0.25, -0.2) is 9.78 Å². The van der Waals surface area contributed by atoms with Gasteiger partial charge in [0.1, 0.15) is 5.69 Å². The van der Waals surface area contributed by atoms with Crippen LogP contribution in [0, 0.1) is 0 Å². The minimum atomic E-state index is -1.06. The van der Waals surface area contributed by atoms with E-state index in [2.05, 4.69) is 27.4 Å². The van der Waals surface area contributed by atoms with Gasteiger partial charge in [-0.05, 0) is 24.4 Å². The second kappa shape index (κ2) is 3.71. The van der Waals surface area contributed by atoms with E-state index in [0.29, 0.717) is 5.69 Å². The average molecular weight is 180 g/mol. The number of aliphatic imine (C=N–C) groups is 1. The van der Waals surface area contributed by atoms with Crippen molar-refractivity contribution in [1.82, 2.24) is 4.98 Å². The molecule has 0 aliphatic rings. The van der Waals surface area contributed by atoms with Crippen molar-refractivity contribution < 1.29 is 9.90 Å². The van der Waals surface area contributed by atoms with Crippen LogP contribution in [0.4, 0.5) is 5.69 Å². The van der Waals surface area contributed by atoms with Gasteiger partial charge in [-0.3, -0.25) is 0 Å². The highest BCUT2D eigenvalue weighted by Gasteiger charge is 2.01. The molecule has 1 heterocycles. The zero-order valence-corrected chi connectivity index (χ0v) is 6.71. The fourth-order valence-electron chi connectivity index (χ4n) is 0.631. The Labute approximate surface area is 73.6 Å². The van der Waals surface area contributed by atoms with E-state index in [1.807, 2.05) is 0 Å². The zero-order chi connectivity index (χ0) is 8.97. The normalized spacial score (nSPS) is 8.67. The molecule has 12 heavy (non-hydrogen) atoms. The Hall–Kier alpha value is -1.58. The van der Waals surface area contributed by atoms with E-state index < -0.39 is 5.97 Å². The predicted molar refractivity (Wildman–Crippen MR) is 45.9 cm³/mol. The Balaban J connectivity index is 3.00. The summed E-state index contributed by atoms with van der Waals surface area (Å²) in [4.78, 5) is 17.6. The molecule has 1 N–H and O–H groups in total. The SMILES string of the molecule is O=C(O)c1ccc(N=C=S)cn1. The maximum absolute atomic E-state index is 10.3. The molecule has 1 rings (SSSR count). The quantitative estimate of drug-likeness (QED) is 0.553. The van der Waals surface area contributed by atoms with Gasteiger partial charge in [0.15, 0.2) is 0 Å². The Morgan fingerprint density at radius 1 is 1.67 bits per heavy atom. The lowest BCUT2D eigenvalue weighted by Crippen LogP contribution is -1.98. The summed E-state index contributed by atoms with van der Waals surface area (Å²) in [6.45, 7) is 0. The Morgan fingerprint density at radius 3 is 2.83 bits per heavy atom. The largest absolute Gasteiger partial charge is 0.477 e. The first-order chi connectivity index (χ1) is 5.74. The summed E-state index contributed by atoms with van der Waals surface area (Å²) < 4.78 is 0. The highest BCUT2D eigenvalue weighted by Crippen LogP contribution is 2.08. The Morgan fingerprint density at radius 2 is 2.42 bits per heavy atom. The molecule has 0 spiro atoms. The van der Waals surface area contributed by atoms with E-state index in [9.17, 15) is 4.79 Å². The molecule has 0 fully saturated rings. The van der Waals surface area contributed by atoms with Gasteiger partial charge < -0.3 is 5.11 Å². The fraction of sp³-hybridized carbons (Fsp3) is 0. The molecule has 5 heteroatoms. The van der Waals surface area contributed by atoms with E-state index in [1.54, 1.807) is 0 Å². The number of hydrogen-bond acceptors (Lipinski definition) is 4. The van der Waals surface area contributed by atoms with Crippen molar-refractivity contribution in [3.63, 3.8) is 0 Å². The standard InChI is InChI=1S/C7H4N2O2S/c10-7(11)6-2-1-5(3-8-6)9-4-12/h1-3H,(H,10,11). The Kier molecular flexibility index (Phi) is 2.63. The van der Waals surface area contributed by atoms with Gasteiger partial charge in [0, 0.05) is 0 Å². The van der Waals surface area contributed by atoms with Crippen LogP contribution < -0.4 is 0 Å². The van der Waals surface area contributed by atoms with Crippen LogP contribution in [0.2, 0.25) is 0 Å². The molecule has 60 valence electrons. The first kappa shape index (κ1) is 8.52. The second-order valence-corrected chi connectivity index (χ2v) is 2.09. The van der Waals surface area contributed by atoms with Crippen molar-refractivity contribution in [3.8, 4) is 0 Å². The average Bonchev–Trinajstić information content (AvgIpc) is 2.06. The molecule has 0 saturated carbocycles. The van der Waals surface area contributed by atoms with Gasteiger partial charge in [-0.2, -0.15) is 4.99 Å². The molecule has 0 bridgehead atoms. The molecule has 0 unspecified atom stereocenters. The maximum Gasteiger partial charge on any atom is 0.354 e. The third kappa shape index (κ3) is 1.95. The minimum Gasteiger partial charge on any atom is -0.477 e. The van der Waals surface area contributed by atoms with Crippen molar-refractivity contribution in [2.75, 3.05) is 0 Å². The summed E-state index contributed by atoms with van der Waals surface area (Å²) in [6, 6.07) is 2.86. The molecule has 0 aliphatic carbocycles. The molecule has 0 radical (unpaired) electrons. The van der Waals surface area contributed by atoms with E-state index in [4.69, 9.17) is 5.11 Å². The lowest BCUT2D eigenvalue weighted by Gasteiger charge is -1.92. The molecule has 0 aromatic carbocycles. The van der Waals surface area contributed by atoms with Gasteiger partial charge in [-0.15, -0.1) is 0 Å². The topological polar surface area (TPSA) is 62.5 Å². The monoisotopic (exact) mass is 180 g/mol. The lowest BCUT2D eigenvalue weighted by molar-refractivity contribution is 0.0690. The van der Waals surface area contributed by atoms with Crippen molar-refractivity contribution in [3.05, 3.63) is 24.0 Å². The number of aromatic carboxylic acids is 1. The maximum atomic E-state index is 10.3. The number of carboxylic acids is 1. The molecular weight excluding hydrogens is 176 g/mol. The molecule has 1 aromatic rings. The number of hydrogen-bond donors (Lipinski definition) is 1. The zero-order valence-electron chi connectivity index (χ0n) is 5.89. The van der Waals surface area contributed by atoms with Crippen LogP contribution in [0.3, 0.4) is 0 Å². The van der Waals surface area contributed by atoms with Gasteiger partial charge in [0.25, 0.3) is 0 Å². The van der Waals surface area contributed by atoms with Crippen LogP contribution in [-0.4, -0.2) is 21.2 Å². The highest BCUT2D eigenvalue weighted by atomic mass is 32.1. The van der Waals surface area contributed by atoms with Crippen LogP contribution in [0.5, 0.6) is 0 Å². The summed E-state index contributed by atoms with van der Waals surface area (Å²) >= 11 is 4.36. The molecule has 0 aliphatic heterocycles. The van der Waals surface area contributed by atoms with Crippen LogP contribution in [-0.2, 0) is 0 Å². The lowest BCUT2D eigenvalue weighted by atomic mass is 10.3. The van der Waals surface area contributed by atoms with Gasteiger partial charge in [0.05, 0.1) is 17.0 Å². The van der Waals surface area contributed by atoms with Crippen molar-refractivity contribution >= 4 is 29.0 Å². The van der Waals surface area contributed by atoms with Crippen LogP contribution in [0.25, 0.3) is 0 Å². The van der Waals surface area contributed by atoms with Gasteiger partial charge in [-0.1, -0.05) is 0 Å². The summed E-state index contributed by atoms with van der Waals surface area (Å²) in [5.41, 5.74) is 0.480. The number of nitrogens with zero attached hydrogens (tertiary/aromatic N) is 2. The summed E-state index contributed by atoms with van der Waals surface area (Å²) in [5, 5.41) is 10.6. The van der Waals surface area contributed by atoms with Gasteiger partial charge in [0.2, 0.25) is 0 Å². The van der Waals surface area contributed by atoms with Crippen LogP contribution >= 0.6 is 12.2 Å². The number of pyridine rings is 1. The van der Waals surface area contributed by atoms with Crippen LogP contribution in [0.1, 0.15) is 10.5 Å². The number of thiocarbonyl (C=S) groups is 1. The smallest absolute Gasteiger partial charge is 0.354 e. The van der Waals surface area contributed by atoms with Gasteiger partial charge >= 0.3 is 5.97 Å². The Bertz CT molecular complexity index is 320. The third-order valence-corrected chi connectivity index (χ3v) is 1.23. The number of isothiocyanates is 1. The summed E-state index contributed by atoms with van der Waals surface area (Å²) in [7, 11) is 0. The van der Waals surface area contributed by atoms with Crippen molar-refractivity contribution in [2.45, 2.75) is 0 Å². The van der Waals surface area contributed by atoms with Crippen molar-refractivity contribution in [1.29, 1.82) is 0 Å². The number of aromatic nitrogens is 1. The summed E-state index contributed by atoms with van der Waals surface area (Å²) in [6.07, 6.45) is 1.32. The molecule has 1 aromatic heterocycles. The second-order valence-electron chi connectivity index (χ2n) is 1.91. The molecule has 4 nitrogen and oxygen atoms in total.